The number of nitrogens with zero attached hydrogens (tertiary/aromatic N) is 2. The second kappa shape index (κ2) is 7.79. The Morgan fingerprint density at radius 2 is 2.04 bits per heavy atom. The molecule has 122 valence electrons. The summed E-state index contributed by atoms with van der Waals surface area (Å²) in [6.07, 6.45) is 0. The van der Waals surface area contributed by atoms with Crippen LogP contribution in [0.1, 0.15) is 5.56 Å². The standard InChI is InChI=1S/C17H14ClN3OS2/c1-11-7-8-13(9-14(11)18)19-15(22)10-23-17-20-16(21-24-17)12-5-3-2-4-6-12/h2-9H,10H2,1H3,(H,19,22). The Labute approximate surface area is 153 Å². The quantitative estimate of drug-likeness (QED) is 0.644. The first-order valence-electron chi connectivity index (χ1n) is 7.20. The molecule has 0 radical (unpaired) electrons. The monoisotopic (exact) mass is 375 g/mol. The summed E-state index contributed by atoms with van der Waals surface area (Å²) in [4.78, 5) is 16.5. The van der Waals surface area contributed by atoms with E-state index in [1.54, 1.807) is 6.07 Å². The van der Waals surface area contributed by atoms with Gasteiger partial charge in [0.1, 0.15) is 0 Å². The van der Waals surface area contributed by atoms with Crippen molar-refractivity contribution in [1.82, 2.24) is 9.36 Å². The Morgan fingerprint density at radius 1 is 1.25 bits per heavy atom. The number of carbonyl (C=O) groups is 1. The van der Waals surface area contributed by atoms with Crippen LogP contribution < -0.4 is 5.32 Å². The predicted octanol–water partition coefficient (Wildman–Crippen LogP) is 4.90. The number of anilines is 1. The zero-order chi connectivity index (χ0) is 16.9. The second-order valence-corrected chi connectivity index (χ2v) is 7.43. The molecule has 0 aliphatic carbocycles. The number of amides is 1. The number of hydrogen-bond donors (Lipinski definition) is 1. The molecule has 0 saturated heterocycles. The summed E-state index contributed by atoms with van der Waals surface area (Å²) in [7, 11) is 0. The van der Waals surface area contributed by atoms with Crippen molar-refractivity contribution in [3.8, 4) is 11.4 Å². The van der Waals surface area contributed by atoms with Gasteiger partial charge in [0, 0.05) is 16.3 Å². The highest BCUT2D eigenvalue weighted by Gasteiger charge is 2.10. The Balaban J connectivity index is 1.56. The highest BCUT2D eigenvalue weighted by molar-refractivity contribution is 8.01. The minimum absolute atomic E-state index is 0.101. The van der Waals surface area contributed by atoms with Gasteiger partial charge < -0.3 is 5.32 Å². The molecular formula is C17H14ClN3OS2. The number of halogens is 1. The molecule has 0 unspecified atom stereocenters. The lowest BCUT2D eigenvalue weighted by Crippen LogP contribution is -2.13. The first-order valence-corrected chi connectivity index (χ1v) is 9.33. The van der Waals surface area contributed by atoms with Crippen molar-refractivity contribution < 1.29 is 4.79 Å². The third-order valence-corrected chi connectivity index (χ3v) is 5.46. The Hall–Kier alpha value is -1.89. The van der Waals surface area contributed by atoms with E-state index in [1.165, 1.54) is 23.3 Å². The van der Waals surface area contributed by atoms with E-state index in [9.17, 15) is 4.79 Å². The third-order valence-electron chi connectivity index (χ3n) is 3.22. The van der Waals surface area contributed by atoms with E-state index in [4.69, 9.17) is 11.6 Å². The molecule has 1 heterocycles. The Bertz CT molecular complexity index is 852. The van der Waals surface area contributed by atoms with Gasteiger partial charge in [-0.1, -0.05) is 59.8 Å². The van der Waals surface area contributed by atoms with Gasteiger partial charge in [-0.05, 0) is 36.2 Å². The molecule has 1 N–H and O–H groups in total. The van der Waals surface area contributed by atoms with Crippen LogP contribution in [0.25, 0.3) is 11.4 Å². The number of aryl methyl sites for hydroxylation is 1. The Morgan fingerprint density at radius 3 is 2.79 bits per heavy atom. The fourth-order valence-corrected chi connectivity index (χ4v) is 3.56. The lowest BCUT2D eigenvalue weighted by molar-refractivity contribution is -0.113. The van der Waals surface area contributed by atoms with Gasteiger partial charge in [-0.25, -0.2) is 4.98 Å². The topological polar surface area (TPSA) is 54.9 Å². The molecule has 0 saturated carbocycles. The SMILES string of the molecule is Cc1ccc(NC(=O)CSc2nc(-c3ccccc3)ns2)cc1Cl. The van der Waals surface area contributed by atoms with Crippen LogP contribution in [0.15, 0.2) is 52.9 Å². The van der Waals surface area contributed by atoms with E-state index >= 15 is 0 Å². The molecule has 0 aliphatic rings. The number of hydrogen-bond acceptors (Lipinski definition) is 5. The van der Waals surface area contributed by atoms with Crippen molar-refractivity contribution in [2.45, 2.75) is 11.3 Å². The van der Waals surface area contributed by atoms with Crippen molar-refractivity contribution in [2.24, 2.45) is 0 Å². The molecule has 4 nitrogen and oxygen atoms in total. The van der Waals surface area contributed by atoms with E-state index in [1.807, 2.05) is 49.4 Å². The van der Waals surface area contributed by atoms with Crippen molar-refractivity contribution in [2.75, 3.05) is 11.1 Å². The number of rotatable bonds is 5. The van der Waals surface area contributed by atoms with Crippen LogP contribution in [0.4, 0.5) is 5.69 Å². The maximum Gasteiger partial charge on any atom is 0.234 e. The molecule has 3 rings (SSSR count). The van der Waals surface area contributed by atoms with Gasteiger partial charge in [-0.2, -0.15) is 4.37 Å². The summed E-state index contributed by atoms with van der Waals surface area (Å²) in [6, 6.07) is 15.2. The van der Waals surface area contributed by atoms with E-state index in [0.29, 0.717) is 16.5 Å². The molecule has 24 heavy (non-hydrogen) atoms. The molecular weight excluding hydrogens is 362 g/mol. The molecule has 7 heteroatoms. The van der Waals surface area contributed by atoms with E-state index in [0.717, 1.165) is 15.5 Å². The largest absolute Gasteiger partial charge is 0.325 e. The number of thioether (sulfide) groups is 1. The van der Waals surface area contributed by atoms with Crippen molar-refractivity contribution >= 4 is 46.5 Å². The smallest absolute Gasteiger partial charge is 0.234 e. The van der Waals surface area contributed by atoms with Crippen molar-refractivity contribution in [3.05, 3.63) is 59.1 Å². The molecule has 0 fully saturated rings. The first-order chi connectivity index (χ1) is 11.6. The van der Waals surface area contributed by atoms with Gasteiger partial charge in [0.2, 0.25) is 5.91 Å². The van der Waals surface area contributed by atoms with Crippen molar-refractivity contribution in [1.29, 1.82) is 0 Å². The van der Waals surface area contributed by atoms with Gasteiger partial charge >= 0.3 is 0 Å². The van der Waals surface area contributed by atoms with Crippen LogP contribution in [0.2, 0.25) is 5.02 Å². The normalized spacial score (nSPS) is 10.6. The van der Waals surface area contributed by atoms with Crippen LogP contribution in [0, 0.1) is 6.92 Å². The van der Waals surface area contributed by atoms with E-state index < -0.39 is 0 Å². The van der Waals surface area contributed by atoms with Crippen molar-refractivity contribution in [3.63, 3.8) is 0 Å². The summed E-state index contributed by atoms with van der Waals surface area (Å²) in [6.45, 7) is 1.92. The van der Waals surface area contributed by atoms with Gasteiger partial charge in [-0.3, -0.25) is 4.79 Å². The molecule has 3 aromatic rings. The Kier molecular flexibility index (Phi) is 5.50. The fraction of sp³-hybridized carbons (Fsp3) is 0.118. The average Bonchev–Trinajstić information content (AvgIpc) is 3.06. The summed E-state index contributed by atoms with van der Waals surface area (Å²) in [5.74, 6) is 0.861. The minimum Gasteiger partial charge on any atom is -0.325 e. The van der Waals surface area contributed by atoms with Gasteiger partial charge in [0.25, 0.3) is 0 Å². The van der Waals surface area contributed by atoms with E-state index in [2.05, 4.69) is 14.7 Å². The number of nitrogens with one attached hydrogen (secondary N) is 1. The number of aromatic nitrogens is 2. The van der Waals surface area contributed by atoms with Crippen LogP contribution in [0.5, 0.6) is 0 Å². The average molecular weight is 376 g/mol. The highest BCUT2D eigenvalue weighted by atomic mass is 35.5. The lowest BCUT2D eigenvalue weighted by Gasteiger charge is -2.06. The summed E-state index contributed by atoms with van der Waals surface area (Å²) >= 11 is 8.73. The maximum absolute atomic E-state index is 12.0. The molecule has 0 bridgehead atoms. The third kappa shape index (κ3) is 4.35. The molecule has 1 aromatic heterocycles. The zero-order valence-corrected chi connectivity index (χ0v) is 15.2. The van der Waals surface area contributed by atoms with Crippen LogP contribution in [0.3, 0.4) is 0 Å². The van der Waals surface area contributed by atoms with Crippen LogP contribution in [-0.2, 0) is 4.79 Å². The van der Waals surface area contributed by atoms with Crippen LogP contribution in [-0.4, -0.2) is 21.0 Å². The summed E-state index contributed by atoms with van der Waals surface area (Å²) in [5.41, 5.74) is 2.64. The van der Waals surface area contributed by atoms with Gasteiger partial charge in [0.05, 0.1) is 5.75 Å². The number of benzene rings is 2. The van der Waals surface area contributed by atoms with Gasteiger partial charge in [-0.15, -0.1) is 0 Å². The van der Waals surface area contributed by atoms with Crippen LogP contribution >= 0.6 is 34.9 Å². The first kappa shape index (κ1) is 17.0. The second-order valence-electron chi connectivity index (χ2n) is 5.05. The highest BCUT2D eigenvalue weighted by Crippen LogP contribution is 2.25. The molecule has 0 atom stereocenters. The zero-order valence-electron chi connectivity index (χ0n) is 12.8. The molecule has 0 aliphatic heterocycles. The van der Waals surface area contributed by atoms with E-state index in [-0.39, 0.29) is 11.7 Å². The fourth-order valence-electron chi connectivity index (χ4n) is 1.97. The minimum atomic E-state index is -0.101. The molecule has 0 spiro atoms. The predicted molar refractivity (Wildman–Crippen MR) is 101 cm³/mol. The van der Waals surface area contributed by atoms with Gasteiger partial charge in [0.15, 0.2) is 10.2 Å². The lowest BCUT2D eigenvalue weighted by atomic mass is 10.2. The summed E-state index contributed by atoms with van der Waals surface area (Å²) in [5, 5.41) is 3.47. The molecule has 1 amide bonds. The number of carbonyl (C=O) groups excluding carboxylic acids is 1. The molecule has 2 aromatic carbocycles. The maximum atomic E-state index is 12.0. The summed E-state index contributed by atoms with van der Waals surface area (Å²) < 4.78 is 5.10.